The van der Waals surface area contributed by atoms with Crippen LogP contribution in [-0.4, -0.2) is 24.2 Å². The molecule has 0 radical (unpaired) electrons. The molecule has 0 aliphatic carbocycles. The summed E-state index contributed by atoms with van der Waals surface area (Å²) in [6.45, 7) is 2.68. The Morgan fingerprint density at radius 1 is 1.45 bits per heavy atom. The second-order valence-electron chi connectivity index (χ2n) is 4.72. The Labute approximate surface area is 123 Å². The van der Waals surface area contributed by atoms with Crippen molar-refractivity contribution in [3.05, 3.63) is 46.9 Å². The first kappa shape index (κ1) is 14.8. The SMILES string of the molecule is COc1cc(CN(C)[C@@H](C)c2ccco2)c(Cl)cc1O. The molecule has 0 saturated carbocycles. The van der Waals surface area contributed by atoms with Crippen LogP contribution >= 0.6 is 11.6 Å². The normalized spacial score (nSPS) is 12.7. The lowest BCUT2D eigenvalue weighted by atomic mass is 10.1. The molecule has 0 aliphatic rings. The number of benzene rings is 1. The van der Waals surface area contributed by atoms with Crippen LogP contribution in [0.2, 0.25) is 5.02 Å². The topological polar surface area (TPSA) is 45.8 Å². The Morgan fingerprint density at radius 3 is 2.80 bits per heavy atom. The highest BCUT2D eigenvalue weighted by atomic mass is 35.5. The van der Waals surface area contributed by atoms with E-state index < -0.39 is 0 Å². The van der Waals surface area contributed by atoms with Gasteiger partial charge in [0.1, 0.15) is 5.76 Å². The van der Waals surface area contributed by atoms with Gasteiger partial charge in [-0.25, -0.2) is 0 Å². The molecule has 1 atom stereocenters. The molecule has 1 N–H and O–H groups in total. The summed E-state index contributed by atoms with van der Waals surface area (Å²) in [6.07, 6.45) is 1.66. The van der Waals surface area contributed by atoms with Gasteiger partial charge in [-0.1, -0.05) is 11.6 Å². The van der Waals surface area contributed by atoms with Crippen LogP contribution in [0, 0.1) is 0 Å². The van der Waals surface area contributed by atoms with E-state index in [9.17, 15) is 5.11 Å². The van der Waals surface area contributed by atoms with Crippen LogP contribution in [0.3, 0.4) is 0 Å². The van der Waals surface area contributed by atoms with Gasteiger partial charge in [-0.3, -0.25) is 4.90 Å². The van der Waals surface area contributed by atoms with E-state index in [1.165, 1.54) is 13.2 Å². The van der Waals surface area contributed by atoms with Crippen molar-refractivity contribution in [2.24, 2.45) is 0 Å². The molecule has 1 aromatic carbocycles. The molecule has 2 rings (SSSR count). The largest absolute Gasteiger partial charge is 0.504 e. The zero-order valence-electron chi connectivity index (χ0n) is 11.8. The summed E-state index contributed by atoms with van der Waals surface area (Å²) >= 11 is 6.17. The van der Waals surface area contributed by atoms with Crippen molar-refractivity contribution >= 4 is 11.6 Å². The van der Waals surface area contributed by atoms with Gasteiger partial charge in [0, 0.05) is 17.6 Å². The first-order valence-corrected chi connectivity index (χ1v) is 6.69. The maximum absolute atomic E-state index is 9.67. The van der Waals surface area contributed by atoms with E-state index in [1.54, 1.807) is 12.3 Å². The summed E-state index contributed by atoms with van der Waals surface area (Å²) in [4.78, 5) is 2.11. The predicted molar refractivity (Wildman–Crippen MR) is 78.3 cm³/mol. The number of phenols is 1. The number of methoxy groups -OCH3 is 1. The molecular weight excluding hydrogens is 278 g/mol. The highest BCUT2D eigenvalue weighted by Crippen LogP contribution is 2.33. The van der Waals surface area contributed by atoms with Crippen molar-refractivity contribution in [1.29, 1.82) is 0 Å². The van der Waals surface area contributed by atoms with Gasteiger partial charge in [0.15, 0.2) is 11.5 Å². The fourth-order valence-electron chi connectivity index (χ4n) is 2.02. The molecule has 1 heterocycles. The molecule has 1 aromatic heterocycles. The molecule has 0 bridgehead atoms. The first-order valence-electron chi connectivity index (χ1n) is 6.32. The smallest absolute Gasteiger partial charge is 0.160 e. The minimum atomic E-state index is 0.0444. The van der Waals surface area contributed by atoms with E-state index in [4.69, 9.17) is 20.8 Å². The molecule has 4 nitrogen and oxygen atoms in total. The lowest BCUT2D eigenvalue weighted by Crippen LogP contribution is -2.21. The van der Waals surface area contributed by atoms with Crippen LogP contribution in [0.25, 0.3) is 0 Å². The number of halogens is 1. The number of aromatic hydroxyl groups is 1. The number of furan rings is 1. The molecule has 0 fully saturated rings. The average Bonchev–Trinajstić information content (AvgIpc) is 2.94. The number of ether oxygens (including phenoxy) is 1. The van der Waals surface area contributed by atoms with E-state index >= 15 is 0 Å². The van der Waals surface area contributed by atoms with Crippen molar-refractivity contribution in [2.45, 2.75) is 19.5 Å². The average molecular weight is 296 g/mol. The minimum Gasteiger partial charge on any atom is -0.504 e. The zero-order valence-corrected chi connectivity index (χ0v) is 12.5. The van der Waals surface area contributed by atoms with Gasteiger partial charge in [0.05, 0.1) is 19.4 Å². The van der Waals surface area contributed by atoms with Gasteiger partial charge in [0.2, 0.25) is 0 Å². The summed E-state index contributed by atoms with van der Waals surface area (Å²) in [5, 5.41) is 10.2. The molecule has 20 heavy (non-hydrogen) atoms. The van der Waals surface area contributed by atoms with Gasteiger partial charge >= 0.3 is 0 Å². The summed E-state index contributed by atoms with van der Waals surface area (Å²) in [5.41, 5.74) is 0.891. The highest BCUT2D eigenvalue weighted by Gasteiger charge is 2.17. The second kappa shape index (κ2) is 6.20. The summed E-state index contributed by atoms with van der Waals surface area (Å²) in [5.74, 6) is 1.36. The molecule has 0 spiro atoms. The molecular formula is C15H18ClNO3. The molecule has 0 saturated heterocycles. The monoisotopic (exact) mass is 295 g/mol. The van der Waals surface area contributed by atoms with Gasteiger partial charge < -0.3 is 14.3 Å². The molecule has 0 unspecified atom stereocenters. The van der Waals surface area contributed by atoms with Crippen LogP contribution in [0.4, 0.5) is 0 Å². The molecule has 5 heteroatoms. The van der Waals surface area contributed by atoms with E-state index in [1.807, 2.05) is 19.2 Å². The van der Waals surface area contributed by atoms with Crippen molar-refractivity contribution < 1.29 is 14.3 Å². The number of hydrogen-bond acceptors (Lipinski definition) is 4. The Hall–Kier alpha value is -1.65. The third-order valence-electron chi connectivity index (χ3n) is 3.38. The van der Waals surface area contributed by atoms with E-state index in [-0.39, 0.29) is 11.8 Å². The van der Waals surface area contributed by atoms with Crippen LogP contribution in [0.1, 0.15) is 24.3 Å². The molecule has 0 aliphatic heterocycles. The molecule has 0 amide bonds. The molecule has 108 valence electrons. The summed E-state index contributed by atoms with van der Waals surface area (Å²) in [6, 6.07) is 7.20. The number of rotatable bonds is 5. The van der Waals surface area contributed by atoms with Crippen molar-refractivity contribution in [1.82, 2.24) is 4.90 Å². The minimum absolute atomic E-state index is 0.0444. The van der Waals surface area contributed by atoms with Crippen LogP contribution in [0.15, 0.2) is 34.9 Å². The summed E-state index contributed by atoms with van der Waals surface area (Å²) < 4.78 is 10.5. The Morgan fingerprint density at radius 2 is 2.20 bits per heavy atom. The third-order valence-corrected chi connectivity index (χ3v) is 3.74. The summed E-state index contributed by atoms with van der Waals surface area (Å²) in [7, 11) is 3.50. The van der Waals surface area contributed by atoms with E-state index in [2.05, 4.69) is 11.8 Å². The second-order valence-corrected chi connectivity index (χ2v) is 5.13. The van der Waals surface area contributed by atoms with Gasteiger partial charge in [-0.15, -0.1) is 0 Å². The number of nitrogens with zero attached hydrogens (tertiary/aromatic N) is 1. The van der Waals surface area contributed by atoms with Crippen LogP contribution in [0.5, 0.6) is 11.5 Å². The number of hydrogen-bond donors (Lipinski definition) is 1. The van der Waals surface area contributed by atoms with Gasteiger partial charge in [0.25, 0.3) is 0 Å². The van der Waals surface area contributed by atoms with E-state index in [0.29, 0.717) is 17.3 Å². The Balaban J connectivity index is 2.17. The van der Waals surface area contributed by atoms with Crippen LogP contribution < -0.4 is 4.74 Å². The Bertz CT molecular complexity index is 569. The maximum atomic E-state index is 9.67. The van der Waals surface area contributed by atoms with Crippen molar-refractivity contribution in [3.8, 4) is 11.5 Å². The Kier molecular flexibility index (Phi) is 4.57. The highest BCUT2D eigenvalue weighted by molar-refractivity contribution is 6.31. The lowest BCUT2D eigenvalue weighted by Gasteiger charge is -2.23. The zero-order chi connectivity index (χ0) is 14.7. The predicted octanol–water partition coefficient (Wildman–Crippen LogP) is 3.84. The van der Waals surface area contributed by atoms with Gasteiger partial charge in [-0.2, -0.15) is 0 Å². The first-order chi connectivity index (χ1) is 9.52. The standard InChI is InChI=1S/C15H18ClNO3/c1-10(14-5-4-6-20-14)17(2)9-11-7-15(19-3)13(18)8-12(11)16/h4-8,10,18H,9H2,1-3H3/t10-/m0/s1. The number of phenolic OH excluding ortho intramolecular Hbond substituents is 1. The molecule has 2 aromatic rings. The fourth-order valence-corrected chi connectivity index (χ4v) is 2.24. The lowest BCUT2D eigenvalue weighted by molar-refractivity contribution is 0.223. The van der Waals surface area contributed by atoms with Crippen LogP contribution in [-0.2, 0) is 6.54 Å². The fraction of sp³-hybridized carbons (Fsp3) is 0.333. The van der Waals surface area contributed by atoms with Crippen molar-refractivity contribution in [2.75, 3.05) is 14.2 Å². The third kappa shape index (κ3) is 3.08. The van der Waals surface area contributed by atoms with Crippen molar-refractivity contribution in [3.63, 3.8) is 0 Å². The maximum Gasteiger partial charge on any atom is 0.160 e. The quantitative estimate of drug-likeness (QED) is 0.910. The van der Waals surface area contributed by atoms with E-state index in [0.717, 1.165) is 11.3 Å². The van der Waals surface area contributed by atoms with Gasteiger partial charge in [-0.05, 0) is 37.7 Å².